The molecule has 7 heavy (non-hydrogen) atoms. The fourth-order valence-corrected chi connectivity index (χ4v) is 0.237. The monoisotopic (exact) mass is 97.1 g/mol. The Hall–Kier alpha value is -0.640. The third-order valence-electron chi connectivity index (χ3n) is 0.479. The third-order valence-corrected chi connectivity index (χ3v) is 0.479. The number of hydrogen-bond donors (Lipinski definition) is 0. The van der Waals surface area contributed by atoms with E-state index in [2.05, 4.69) is 12.0 Å². The quantitative estimate of drug-likeness (QED) is 0.321. The first kappa shape index (κ1) is 6.36. The molecule has 0 radical (unpaired) electrons. The fraction of sp³-hybridized carbons (Fsp3) is 0.667. The first-order chi connectivity index (χ1) is 3.27. The molecule has 0 unspecified atom stereocenters. The molecule has 1 heteroatoms. The summed E-state index contributed by atoms with van der Waals surface area (Å²) in [6.45, 7) is 2.04. The Bertz CT molecular complexity index is 84.1. The molecule has 0 aliphatic rings. The van der Waals surface area contributed by atoms with Crippen molar-refractivity contribution in [2.45, 2.75) is 13.3 Å². The number of nitrogens with zero attached hydrogens (tertiary/aromatic N) is 1. The molecule has 0 aliphatic carbocycles. The van der Waals surface area contributed by atoms with Crippen LogP contribution < -0.4 is 0 Å². The zero-order valence-electron chi connectivity index (χ0n) is 5.15. The Morgan fingerprint density at radius 1 is 1.43 bits per heavy atom. The second kappa shape index (κ2) is 3.55. The van der Waals surface area contributed by atoms with E-state index in [9.17, 15) is 0 Å². The standard InChI is InChI=1S/C6H11N/c1-4-5-6-7(2)3/h4H2,1-3H3. The van der Waals surface area contributed by atoms with Crippen LogP contribution in [0.2, 0.25) is 0 Å². The van der Waals surface area contributed by atoms with Crippen molar-refractivity contribution in [2.24, 2.45) is 0 Å². The lowest BCUT2D eigenvalue weighted by Crippen LogP contribution is -2.00. The zero-order valence-corrected chi connectivity index (χ0v) is 5.15. The largest absolute Gasteiger partial charge is 0.339 e. The maximum Gasteiger partial charge on any atom is 0.0144 e. The van der Waals surface area contributed by atoms with Crippen LogP contribution in [0.25, 0.3) is 0 Å². The van der Waals surface area contributed by atoms with Gasteiger partial charge in [-0.15, -0.1) is 0 Å². The highest BCUT2D eigenvalue weighted by molar-refractivity contribution is 4.94. The molecule has 0 aromatic carbocycles. The summed E-state index contributed by atoms with van der Waals surface area (Å²) in [4.78, 5) is 1.85. The fourth-order valence-electron chi connectivity index (χ4n) is 0.237. The molecule has 0 bridgehead atoms. The van der Waals surface area contributed by atoms with Crippen molar-refractivity contribution in [3.8, 4) is 12.0 Å². The van der Waals surface area contributed by atoms with E-state index < -0.39 is 0 Å². The Morgan fingerprint density at radius 3 is 2.14 bits per heavy atom. The van der Waals surface area contributed by atoms with Gasteiger partial charge in [-0.3, -0.25) is 0 Å². The number of hydrogen-bond acceptors (Lipinski definition) is 1. The van der Waals surface area contributed by atoms with Crippen LogP contribution in [-0.4, -0.2) is 19.0 Å². The third kappa shape index (κ3) is 5.36. The van der Waals surface area contributed by atoms with Gasteiger partial charge in [0, 0.05) is 26.6 Å². The first-order valence-corrected chi connectivity index (χ1v) is 2.43. The van der Waals surface area contributed by atoms with E-state index in [4.69, 9.17) is 0 Å². The molecular weight excluding hydrogens is 86.1 g/mol. The second-order valence-corrected chi connectivity index (χ2v) is 1.54. The van der Waals surface area contributed by atoms with Gasteiger partial charge in [0.1, 0.15) is 0 Å². The molecule has 0 saturated heterocycles. The van der Waals surface area contributed by atoms with Gasteiger partial charge in [0.05, 0.1) is 0 Å². The summed E-state index contributed by atoms with van der Waals surface area (Å²) >= 11 is 0. The van der Waals surface area contributed by atoms with Gasteiger partial charge in [-0.05, 0) is 0 Å². The number of rotatable bonds is 0. The summed E-state index contributed by atoms with van der Waals surface area (Å²) in [5.74, 6) is 2.92. The highest BCUT2D eigenvalue weighted by atomic mass is 15.0. The summed E-state index contributed by atoms with van der Waals surface area (Å²) in [7, 11) is 3.87. The van der Waals surface area contributed by atoms with Gasteiger partial charge in [0.2, 0.25) is 0 Å². The molecule has 0 aromatic rings. The zero-order chi connectivity index (χ0) is 5.70. The van der Waals surface area contributed by atoms with Crippen molar-refractivity contribution < 1.29 is 0 Å². The van der Waals surface area contributed by atoms with Crippen molar-refractivity contribution in [2.75, 3.05) is 14.1 Å². The average Bonchev–Trinajstić information content (AvgIpc) is 1.61. The van der Waals surface area contributed by atoms with E-state index in [1.165, 1.54) is 0 Å². The summed E-state index contributed by atoms with van der Waals surface area (Å²) in [6.07, 6.45) is 0.943. The van der Waals surface area contributed by atoms with Gasteiger partial charge >= 0.3 is 0 Å². The maximum atomic E-state index is 2.92. The molecule has 0 spiro atoms. The molecule has 0 rings (SSSR count). The van der Waals surface area contributed by atoms with Crippen molar-refractivity contribution in [3.05, 3.63) is 0 Å². The summed E-state index contributed by atoms with van der Waals surface area (Å²) in [6, 6.07) is 2.88. The molecule has 0 fully saturated rings. The molecule has 0 N–H and O–H groups in total. The van der Waals surface area contributed by atoms with Crippen LogP contribution in [0.3, 0.4) is 0 Å². The van der Waals surface area contributed by atoms with Gasteiger partial charge in [0.25, 0.3) is 0 Å². The molecule has 0 heterocycles. The smallest absolute Gasteiger partial charge is 0.0144 e. The van der Waals surface area contributed by atoms with E-state index in [1.54, 1.807) is 0 Å². The van der Waals surface area contributed by atoms with E-state index in [-0.39, 0.29) is 0 Å². The summed E-state index contributed by atoms with van der Waals surface area (Å²) < 4.78 is 0. The second-order valence-electron chi connectivity index (χ2n) is 1.54. The van der Waals surface area contributed by atoms with Crippen LogP contribution in [0.15, 0.2) is 0 Å². The minimum atomic E-state index is 0.943. The topological polar surface area (TPSA) is 3.24 Å². The lowest BCUT2D eigenvalue weighted by Gasteiger charge is -1.95. The van der Waals surface area contributed by atoms with Gasteiger partial charge in [-0.25, -0.2) is 0 Å². The molecule has 0 aliphatic heterocycles. The highest BCUT2D eigenvalue weighted by Crippen LogP contribution is 1.68. The van der Waals surface area contributed by atoms with Crippen LogP contribution in [0.1, 0.15) is 13.3 Å². The van der Waals surface area contributed by atoms with Crippen LogP contribution in [-0.2, 0) is 0 Å². The van der Waals surface area contributed by atoms with E-state index >= 15 is 0 Å². The van der Waals surface area contributed by atoms with Gasteiger partial charge in [-0.2, -0.15) is 0 Å². The maximum absolute atomic E-state index is 2.92. The SMILES string of the molecule is CCC#CN(C)C. The molecule has 40 valence electrons. The lowest BCUT2D eigenvalue weighted by atomic mass is 10.5. The van der Waals surface area contributed by atoms with E-state index in [0.717, 1.165) is 6.42 Å². The first-order valence-electron chi connectivity index (χ1n) is 2.43. The Morgan fingerprint density at radius 2 is 2.00 bits per heavy atom. The highest BCUT2D eigenvalue weighted by Gasteiger charge is 1.67. The van der Waals surface area contributed by atoms with Crippen molar-refractivity contribution in [1.29, 1.82) is 0 Å². The van der Waals surface area contributed by atoms with Crippen molar-refractivity contribution >= 4 is 0 Å². The summed E-state index contributed by atoms with van der Waals surface area (Å²) in [5.41, 5.74) is 0. The normalized spacial score (nSPS) is 6.71. The van der Waals surface area contributed by atoms with Crippen LogP contribution in [0, 0.1) is 12.0 Å². The van der Waals surface area contributed by atoms with Gasteiger partial charge < -0.3 is 4.90 Å². The molecule has 0 atom stereocenters. The molecule has 0 amide bonds. The Balaban J connectivity index is 3.24. The van der Waals surface area contributed by atoms with E-state index in [0.29, 0.717) is 0 Å². The molecule has 0 saturated carbocycles. The average molecular weight is 97.2 g/mol. The predicted molar refractivity (Wildman–Crippen MR) is 31.8 cm³/mol. The van der Waals surface area contributed by atoms with Crippen molar-refractivity contribution in [3.63, 3.8) is 0 Å². The summed E-state index contributed by atoms with van der Waals surface area (Å²) in [5, 5.41) is 0. The van der Waals surface area contributed by atoms with Gasteiger partial charge in [-0.1, -0.05) is 12.8 Å². The van der Waals surface area contributed by atoms with Crippen LogP contribution in [0.4, 0.5) is 0 Å². The lowest BCUT2D eigenvalue weighted by molar-refractivity contribution is 0.596. The van der Waals surface area contributed by atoms with Crippen molar-refractivity contribution in [1.82, 2.24) is 4.90 Å². The molecular formula is C6H11N. The minimum Gasteiger partial charge on any atom is -0.339 e. The Kier molecular flexibility index (Phi) is 3.22. The Labute approximate surface area is 45.3 Å². The van der Waals surface area contributed by atoms with E-state index in [1.807, 2.05) is 25.9 Å². The van der Waals surface area contributed by atoms with Crippen LogP contribution >= 0.6 is 0 Å². The minimum absolute atomic E-state index is 0.943. The molecule has 0 aromatic heterocycles. The van der Waals surface area contributed by atoms with Crippen LogP contribution in [0.5, 0.6) is 0 Å². The predicted octanol–water partition coefficient (Wildman–Crippen LogP) is 0.919. The molecule has 1 nitrogen and oxygen atoms in total. The van der Waals surface area contributed by atoms with Gasteiger partial charge in [0.15, 0.2) is 0 Å².